The van der Waals surface area contributed by atoms with Crippen molar-refractivity contribution in [3.63, 3.8) is 0 Å². The molecule has 4 rings (SSSR count). The third kappa shape index (κ3) is 4.82. The van der Waals surface area contributed by atoms with Crippen LogP contribution in [0.1, 0.15) is 32.0 Å². The lowest BCUT2D eigenvalue weighted by atomic mass is 10.0. The highest BCUT2D eigenvalue weighted by molar-refractivity contribution is 6.09. The molecule has 4 aromatic rings. The average Bonchev–Trinajstić information content (AvgIpc) is 2.81. The number of aromatic hydroxyl groups is 1. The van der Waals surface area contributed by atoms with Crippen molar-refractivity contribution in [2.45, 2.75) is 6.61 Å². The first-order valence-corrected chi connectivity index (χ1v) is 9.86. The van der Waals surface area contributed by atoms with E-state index < -0.39 is 11.8 Å². The summed E-state index contributed by atoms with van der Waals surface area (Å²) in [5.74, 6) is -1.33. The smallest absolute Gasteiger partial charge is 0.335 e. The van der Waals surface area contributed by atoms with Crippen LogP contribution in [-0.2, 0) is 6.61 Å². The van der Waals surface area contributed by atoms with Gasteiger partial charge in [0.05, 0.1) is 22.3 Å². The van der Waals surface area contributed by atoms with Crippen molar-refractivity contribution >= 4 is 28.7 Å². The minimum Gasteiger partial charge on any atom is -0.507 e. The minimum absolute atomic E-state index is 0.0720. The molecule has 6 heteroatoms. The Bertz CT molecular complexity index is 1340. The lowest BCUT2D eigenvalue weighted by Crippen LogP contribution is -2.01. The molecule has 0 bridgehead atoms. The molecule has 6 nitrogen and oxygen atoms in total. The first-order valence-electron chi connectivity index (χ1n) is 9.86. The van der Waals surface area contributed by atoms with Crippen LogP contribution in [0.2, 0.25) is 0 Å². The van der Waals surface area contributed by atoms with E-state index in [9.17, 15) is 14.7 Å². The molecule has 0 spiro atoms. The van der Waals surface area contributed by atoms with Crippen LogP contribution in [0.4, 0.5) is 0 Å². The second kappa shape index (κ2) is 9.14. The van der Waals surface area contributed by atoms with Crippen LogP contribution in [0.25, 0.3) is 17.0 Å². The van der Waals surface area contributed by atoms with Crippen molar-refractivity contribution in [1.82, 2.24) is 4.98 Å². The molecular formula is C26H19NO5. The zero-order valence-electron chi connectivity index (χ0n) is 16.9. The first kappa shape index (κ1) is 20.8. The van der Waals surface area contributed by atoms with E-state index in [0.29, 0.717) is 12.4 Å². The Morgan fingerprint density at radius 2 is 1.78 bits per heavy atom. The van der Waals surface area contributed by atoms with E-state index in [1.54, 1.807) is 24.3 Å². The predicted molar refractivity (Wildman–Crippen MR) is 121 cm³/mol. The number of carbonyl (C=O) groups excluding carboxylic acids is 1. The molecule has 0 fully saturated rings. The highest BCUT2D eigenvalue weighted by Gasteiger charge is 2.12. The molecule has 1 aromatic heterocycles. The number of hydrogen-bond acceptors (Lipinski definition) is 5. The van der Waals surface area contributed by atoms with Crippen LogP contribution in [-0.4, -0.2) is 26.9 Å². The summed E-state index contributed by atoms with van der Waals surface area (Å²) in [5.41, 5.74) is 2.28. The zero-order chi connectivity index (χ0) is 22.5. The third-order valence-electron chi connectivity index (χ3n) is 4.84. The molecule has 0 aliphatic carbocycles. The number of phenols is 1. The Hall–Kier alpha value is -4.45. The number of aromatic nitrogens is 1. The van der Waals surface area contributed by atoms with E-state index in [4.69, 9.17) is 9.84 Å². The monoisotopic (exact) mass is 425 g/mol. The molecule has 1 heterocycles. The molecule has 0 saturated heterocycles. The number of carboxylic acid groups (broad SMARTS) is 1. The lowest BCUT2D eigenvalue weighted by Gasteiger charge is -2.07. The second-order valence-electron chi connectivity index (χ2n) is 7.09. The van der Waals surface area contributed by atoms with Gasteiger partial charge in [0.25, 0.3) is 0 Å². The van der Waals surface area contributed by atoms with E-state index in [-0.39, 0.29) is 16.9 Å². The molecule has 0 aliphatic rings. The van der Waals surface area contributed by atoms with Gasteiger partial charge in [-0.3, -0.25) is 4.79 Å². The fourth-order valence-corrected chi connectivity index (χ4v) is 3.18. The maximum absolute atomic E-state index is 12.4. The average molecular weight is 425 g/mol. The van der Waals surface area contributed by atoms with E-state index >= 15 is 0 Å². The number of phenolic OH excluding ortho intramolecular Hbond substituents is 1. The van der Waals surface area contributed by atoms with Crippen molar-refractivity contribution < 1.29 is 24.5 Å². The summed E-state index contributed by atoms with van der Waals surface area (Å²) in [6, 6.07) is 22.6. The Morgan fingerprint density at radius 3 is 2.62 bits per heavy atom. The van der Waals surface area contributed by atoms with Gasteiger partial charge in [0.1, 0.15) is 18.1 Å². The summed E-state index contributed by atoms with van der Waals surface area (Å²) in [4.78, 5) is 28.1. The maximum Gasteiger partial charge on any atom is 0.335 e. The number of allylic oxidation sites excluding steroid dienone is 1. The van der Waals surface area contributed by atoms with Crippen molar-refractivity contribution in [1.29, 1.82) is 0 Å². The lowest BCUT2D eigenvalue weighted by molar-refractivity contribution is 0.0697. The number of hydrogen-bond donors (Lipinski definition) is 2. The van der Waals surface area contributed by atoms with E-state index in [0.717, 1.165) is 28.2 Å². The Kier molecular flexibility index (Phi) is 5.94. The number of para-hydroxylation sites is 1. The number of aromatic carboxylic acids is 1. The molecule has 158 valence electrons. The number of benzene rings is 3. The van der Waals surface area contributed by atoms with Crippen molar-refractivity contribution in [3.8, 4) is 11.5 Å². The van der Waals surface area contributed by atoms with Crippen LogP contribution in [0.5, 0.6) is 11.5 Å². The summed E-state index contributed by atoms with van der Waals surface area (Å²) in [7, 11) is 0. The molecule has 3 aromatic carbocycles. The standard InChI is InChI=1S/C26H19NO5/c28-24(22-15-19(26(30)31)10-13-25(22)29)12-8-17-4-3-6-21(14-17)32-16-20-11-9-18-5-1-2-7-23(18)27-20/h1-15,29H,16H2,(H,30,31)/b12-8+. The number of rotatable bonds is 7. The predicted octanol–water partition coefficient (Wildman–Crippen LogP) is 5.11. The van der Waals surface area contributed by atoms with Crippen LogP contribution in [0.15, 0.2) is 84.9 Å². The Balaban J connectivity index is 1.45. The topological polar surface area (TPSA) is 96.7 Å². The quantitative estimate of drug-likeness (QED) is 0.315. The van der Waals surface area contributed by atoms with Crippen LogP contribution in [0.3, 0.4) is 0 Å². The minimum atomic E-state index is -1.17. The normalized spacial score (nSPS) is 11.0. The molecule has 0 aliphatic heterocycles. The van der Waals surface area contributed by atoms with Gasteiger partial charge < -0.3 is 14.9 Å². The molecule has 0 atom stereocenters. The number of pyridine rings is 1. The second-order valence-corrected chi connectivity index (χ2v) is 7.09. The number of nitrogens with zero attached hydrogens (tertiary/aromatic N) is 1. The van der Waals surface area contributed by atoms with Crippen molar-refractivity contribution in [2.24, 2.45) is 0 Å². The molecule has 0 radical (unpaired) electrons. The van der Waals surface area contributed by atoms with Crippen LogP contribution < -0.4 is 4.74 Å². The molecule has 0 unspecified atom stereocenters. The Morgan fingerprint density at radius 1 is 0.938 bits per heavy atom. The highest BCUT2D eigenvalue weighted by atomic mass is 16.5. The fraction of sp³-hybridized carbons (Fsp3) is 0.0385. The largest absolute Gasteiger partial charge is 0.507 e. The van der Waals surface area contributed by atoms with E-state index in [1.165, 1.54) is 18.2 Å². The number of fused-ring (bicyclic) bond motifs is 1. The number of carboxylic acids is 1. The molecule has 0 saturated carbocycles. The van der Waals surface area contributed by atoms with Gasteiger partial charge in [0.2, 0.25) is 0 Å². The summed E-state index contributed by atoms with van der Waals surface area (Å²) in [6.45, 7) is 0.298. The Labute approximate surface area is 184 Å². The summed E-state index contributed by atoms with van der Waals surface area (Å²) >= 11 is 0. The molecule has 32 heavy (non-hydrogen) atoms. The maximum atomic E-state index is 12.4. The number of carbonyl (C=O) groups is 2. The zero-order valence-corrected chi connectivity index (χ0v) is 16.9. The number of ketones is 1. The van der Waals surface area contributed by atoms with Crippen molar-refractivity contribution in [2.75, 3.05) is 0 Å². The van der Waals surface area contributed by atoms with Crippen LogP contribution >= 0.6 is 0 Å². The number of ether oxygens (including phenoxy) is 1. The summed E-state index contributed by atoms with van der Waals surface area (Å²) < 4.78 is 5.85. The van der Waals surface area contributed by atoms with Gasteiger partial charge in [0.15, 0.2) is 5.78 Å². The fourth-order valence-electron chi connectivity index (χ4n) is 3.18. The third-order valence-corrected chi connectivity index (χ3v) is 4.84. The van der Waals surface area contributed by atoms with E-state index in [2.05, 4.69) is 4.98 Å². The van der Waals surface area contributed by atoms with Gasteiger partial charge in [-0.2, -0.15) is 0 Å². The van der Waals surface area contributed by atoms with Gasteiger partial charge in [0, 0.05) is 5.39 Å². The van der Waals surface area contributed by atoms with Gasteiger partial charge in [-0.15, -0.1) is 0 Å². The van der Waals surface area contributed by atoms with Crippen LogP contribution in [0, 0.1) is 0 Å². The summed E-state index contributed by atoms with van der Waals surface area (Å²) in [6.07, 6.45) is 2.86. The molecule has 2 N–H and O–H groups in total. The summed E-state index contributed by atoms with van der Waals surface area (Å²) in [5, 5.41) is 20.0. The van der Waals surface area contributed by atoms with E-state index in [1.807, 2.05) is 42.5 Å². The van der Waals surface area contributed by atoms with Gasteiger partial charge in [-0.25, -0.2) is 9.78 Å². The van der Waals surface area contributed by atoms with Gasteiger partial charge in [-0.1, -0.05) is 42.5 Å². The first-order chi connectivity index (χ1) is 15.5. The highest BCUT2D eigenvalue weighted by Crippen LogP contribution is 2.21. The molecule has 0 amide bonds. The molecular weight excluding hydrogens is 406 g/mol. The van der Waals surface area contributed by atoms with Gasteiger partial charge in [-0.05, 0) is 54.1 Å². The van der Waals surface area contributed by atoms with Crippen molar-refractivity contribution in [3.05, 3.63) is 107 Å². The SMILES string of the molecule is O=C(O)c1ccc(O)c(C(=O)/C=C/c2cccc(OCc3ccc4ccccc4n3)c2)c1. The van der Waals surface area contributed by atoms with Gasteiger partial charge >= 0.3 is 5.97 Å².